The average Bonchev–Trinajstić information content (AvgIpc) is 3.23. The minimum atomic E-state index is 0.636. The monoisotopic (exact) mass is 352 g/mol. The van der Waals surface area contributed by atoms with E-state index in [0.29, 0.717) is 6.54 Å². The van der Waals surface area contributed by atoms with Crippen LogP contribution < -0.4 is 11.1 Å². The Morgan fingerprint density at radius 3 is 2.92 bits per heavy atom. The molecule has 0 atom stereocenters. The number of benzene rings is 2. The molecule has 0 amide bonds. The lowest BCUT2D eigenvalue weighted by molar-refractivity contribution is 0.978. The van der Waals surface area contributed by atoms with E-state index < -0.39 is 0 Å². The van der Waals surface area contributed by atoms with E-state index in [-0.39, 0.29) is 0 Å². The number of H-pyrrole nitrogens is 2. The molecule has 126 valence electrons. The zero-order valence-corrected chi connectivity index (χ0v) is 14.1. The summed E-state index contributed by atoms with van der Waals surface area (Å²) in [4.78, 5) is 7.63. The van der Waals surface area contributed by atoms with Crippen molar-refractivity contribution in [2.24, 2.45) is 10.7 Å². The van der Waals surface area contributed by atoms with Gasteiger partial charge in [-0.15, -0.1) is 0 Å². The number of nitrogens with two attached hydrogens (primary N) is 1. The Morgan fingerprint density at radius 2 is 2.12 bits per heavy atom. The molecule has 0 bridgehead atoms. The van der Waals surface area contributed by atoms with Crippen LogP contribution in [0.4, 0.5) is 11.4 Å². The lowest BCUT2D eigenvalue weighted by atomic mass is 10.0. The van der Waals surface area contributed by atoms with Gasteiger partial charge in [0.05, 0.1) is 18.2 Å². The van der Waals surface area contributed by atoms with Crippen LogP contribution >= 0.6 is 11.6 Å². The van der Waals surface area contributed by atoms with Gasteiger partial charge in [-0.3, -0.25) is 10.1 Å². The van der Waals surface area contributed by atoms with Gasteiger partial charge in [0.2, 0.25) is 0 Å². The first-order valence-corrected chi connectivity index (χ1v) is 8.32. The first kappa shape index (κ1) is 15.5. The highest BCUT2D eigenvalue weighted by molar-refractivity contribution is 6.31. The van der Waals surface area contributed by atoms with E-state index >= 15 is 0 Å². The lowest BCUT2D eigenvalue weighted by Gasteiger charge is -2.08. The fraction of sp³-hybridized carbons (Fsp3) is 0.111. The van der Waals surface area contributed by atoms with E-state index in [1.54, 1.807) is 6.20 Å². The van der Waals surface area contributed by atoms with Crippen LogP contribution in [0.25, 0.3) is 21.8 Å². The van der Waals surface area contributed by atoms with Crippen molar-refractivity contribution in [1.29, 1.82) is 0 Å². The van der Waals surface area contributed by atoms with Gasteiger partial charge >= 0.3 is 0 Å². The van der Waals surface area contributed by atoms with Crippen molar-refractivity contribution in [2.45, 2.75) is 6.42 Å². The normalized spacial score (nSPS) is 11.7. The topological polar surface area (TPSA) is 94.9 Å². The van der Waals surface area contributed by atoms with Gasteiger partial charge in [-0.05, 0) is 42.3 Å². The molecule has 2 heterocycles. The highest BCUT2D eigenvalue weighted by atomic mass is 35.5. The van der Waals surface area contributed by atoms with E-state index in [0.717, 1.165) is 44.6 Å². The first-order valence-electron chi connectivity index (χ1n) is 7.94. The van der Waals surface area contributed by atoms with E-state index in [4.69, 9.17) is 17.3 Å². The number of aromatic amines is 2. The molecule has 4 aromatic rings. The van der Waals surface area contributed by atoms with Crippen LogP contribution in [0, 0.1) is 0 Å². The van der Waals surface area contributed by atoms with Crippen molar-refractivity contribution in [3.05, 3.63) is 53.3 Å². The highest BCUT2D eigenvalue weighted by Gasteiger charge is 2.11. The molecule has 0 aliphatic rings. The fourth-order valence-electron chi connectivity index (χ4n) is 3.06. The summed E-state index contributed by atoms with van der Waals surface area (Å²) in [5.74, 6) is 0. The predicted molar refractivity (Wildman–Crippen MR) is 104 cm³/mol. The number of nitrogens with one attached hydrogen (secondary N) is 3. The van der Waals surface area contributed by atoms with Gasteiger partial charge < -0.3 is 16.0 Å². The molecule has 0 saturated carbocycles. The van der Waals surface area contributed by atoms with Crippen molar-refractivity contribution in [1.82, 2.24) is 15.2 Å². The van der Waals surface area contributed by atoms with Gasteiger partial charge in [-0.1, -0.05) is 11.6 Å². The standard InChI is InChI=1S/C18H17ClN6/c19-12-1-2-17-15(6-12)16-7-13(24-14-8-22-23-9-14)5-11(18(16)25-17)3-4-21-10-20/h1-2,5-10,24-25H,3-4H2,(H2,20,21)(H,22,23). The molecule has 25 heavy (non-hydrogen) atoms. The third-order valence-corrected chi connectivity index (χ3v) is 4.39. The maximum Gasteiger partial charge on any atom is 0.0797 e. The molecule has 0 aliphatic heterocycles. The first-order chi connectivity index (χ1) is 12.2. The van der Waals surface area contributed by atoms with Crippen molar-refractivity contribution in [2.75, 3.05) is 11.9 Å². The molecule has 4 rings (SSSR count). The summed E-state index contributed by atoms with van der Waals surface area (Å²) in [6.07, 6.45) is 5.69. The molecule has 7 heteroatoms. The number of halogens is 1. The molecule has 0 aliphatic carbocycles. The van der Waals surface area contributed by atoms with Crippen molar-refractivity contribution >= 4 is 51.1 Å². The van der Waals surface area contributed by atoms with Crippen molar-refractivity contribution in [3.63, 3.8) is 0 Å². The Kier molecular flexibility index (Phi) is 4.03. The van der Waals surface area contributed by atoms with Crippen molar-refractivity contribution in [3.8, 4) is 0 Å². The number of aromatic nitrogens is 3. The summed E-state index contributed by atoms with van der Waals surface area (Å²) in [6, 6.07) is 10.1. The Bertz CT molecular complexity index is 1050. The fourth-order valence-corrected chi connectivity index (χ4v) is 3.23. The molecule has 6 nitrogen and oxygen atoms in total. The molecule has 2 aromatic carbocycles. The Hall–Kier alpha value is -2.99. The average molecular weight is 353 g/mol. The predicted octanol–water partition coefficient (Wildman–Crippen LogP) is 3.97. The van der Waals surface area contributed by atoms with Gasteiger partial charge in [-0.2, -0.15) is 5.10 Å². The summed E-state index contributed by atoms with van der Waals surface area (Å²) in [5, 5.41) is 13.1. The van der Waals surface area contributed by atoms with Gasteiger partial charge in [0.15, 0.2) is 0 Å². The second-order valence-electron chi connectivity index (χ2n) is 5.79. The molecule has 0 fully saturated rings. The molecule has 0 unspecified atom stereocenters. The van der Waals surface area contributed by atoms with Gasteiger partial charge in [-0.25, -0.2) is 0 Å². The summed E-state index contributed by atoms with van der Waals surface area (Å²) in [6.45, 7) is 0.636. The molecular weight excluding hydrogens is 336 g/mol. The van der Waals surface area contributed by atoms with Crippen molar-refractivity contribution < 1.29 is 0 Å². The maximum absolute atomic E-state index is 6.20. The Labute approximate surface area is 149 Å². The number of aliphatic imine (C=N–C) groups is 1. The van der Waals surface area contributed by atoms with Gasteiger partial charge in [0, 0.05) is 45.3 Å². The number of nitrogens with zero attached hydrogens (tertiary/aromatic N) is 2. The number of hydrogen-bond acceptors (Lipinski definition) is 3. The zero-order valence-electron chi connectivity index (χ0n) is 13.4. The zero-order chi connectivity index (χ0) is 17.2. The highest BCUT2D eigenvalue weighted by Crippen LogP contribution is 2.33. The quantitative estimate of drug-likeness (QED) is 0.323. The molecule has 0 spiro atoms. The van der Waals surface area contributed by atoms with Crippen LogP contribution in [-0.4, -0.2) is 28.1 Å². The van der Waals surface area contributed by atoms with Crippen LogP contribution in [0.15, 0.2) is 47.7 Å². The molecule has 2 aromatic heterocycles. The SMILES string of the molecule is NC=NCCc1cc(Nc2cn[nH]c2)cc2c1[nH]c1ccc(Cl)cc12. The van der Waals surface area contributed by atoms with Crippen LogP contribution in [-0.2, 0) is 6.42 Å². The molecule has 0 saturated heterocycles. The largest absolute Gasteiger partial charge is 0.390 e. The number of rotatable bonds is 5. The molecule has 5 N–H and O–H groups in total. The maximum atomic E-state index is 6.20. The molecule has 0 radical (unpaired) electrons. The summed E-state index contributed by atoms with van der Waals surface area (Å²) < 4.78 is 0. The number of anilines is 2. The minimum absolute atomic E-state index is 0.636. The third-order valence-electron chi connectivity index (χ3n) is 4.15. The molecular formula is C18H17ClN6. The third kappa shape index (κ3) is 3.04. The summed E-state index contributed by atoms with van der Waals surface area (Å²) >= 11 is 6.20. The minimum Gasteiger partial charge on any atom is -0.390 e. The van der Waals surface area contributed by atoms with E-state index in [1.165, 1.54) is 11.9 Å². The summed E-state index contributed by atoms with van der Waals surface area (Å²) in [7, 11) is 0. The van der Waals surface area contributed by atoms with Crippen LogP contribution in [0.5, 0.6) is 0 Å². The Balaban J connectivity index is 1.87. The van der Waals surface area contributed by atoms with Crippen LogP contribution in [0.2, 0.25) is 5.02 Å². The second kappa shape index (κ2) is 6.49. The second-order valence-corrected chi connectivity index (χ2v) is 6.23. The van der Waals surface area contributed by atoms with Crippen LogP contribution in [0.1, 0.15) is 5.56 Å². The number of fused-ring (bicyclic) bond motifs is 3. The van der Waals surface area contributed by atoms with E-state index in [2.05, 4.69) is 37.6 Å². The smallest absolute Gasteiger partial charge is 0.0797 e. The Morgan fingerprint density at radius 1 is 1.20 bits per heavy atom. The van der Waals surface area contributed by atoms with Gasteiger partial charge in [0.25, 0.3) is 0 Å². The van der Waals surface area contributed by atoms with E-state index in [1.807, 2.05) is 24.4 Å². The van der Waals surface area contributed by atoms with E-state index in [9.17, 15) is 0 Å². The number of hydrogen-bond donors (Lipinski definition) is 4. The lowest BCUT2D eigenvalue weighted by Crippen LogP contribution is -1.97. The van der Waals surface area contributed by atoms with Crippen LogP contribution in [0.3, 0.4) is 0 Å². The summed E-state index contributed by atoms with van der Waals surface area (Å²) in [5.41, 5.74) is 10.6. The van der Waals surface area contributed by atoms with Gasteiger partial charge in [0.1, 0.15) is 0 Å².